The maximum atomic E-state index is 12.3. The number of phenols is 1. The molecule has 2 unspecified atom stereocenters. The Bertz CT molecular complexity index is 533. The van der Waals surface area contributed by atoms with E-state index >= 15 is 0 Å². The molecule has 0 amide bonds. The first-order chi connectivity index (χ1) is 10.9. The van der Waals surface area contributed by atoms with Crippen molar-refractivity contribution >= 4 is 18.0 Å². The molecule has 1 N–H and O–H groups in total. The topological polar surface area (TPSA) is 72.8 Å². The van der Waals surface area contributed by atoms with Gasteiger partial charge in [-0.05, 0) is 50.5 Å². The minimum Gasteiger partial charge on any atom is -0.508 e. The Balaban J connectivity index is 3.06. The van der Waals surface area contributed by atoms with Crippen molar-refractivity contribution in [2.75, 3.05) is 0 Å². The Morgan fingerprint density at radius 3 is 1.83 bits per heavy atom. The molecule has 5 nitrogen and oxygen atoms in total. The van der Waals surface area contributed by atoms with E-state index in [4.69, 9.17) is 9.47 Å². The van der Waals surface area contributed by atoms with Crippen LogP contribution in [0, 0.1) is 0 Å². The van der Waals surface area contributed by atoms with Gasteiger partial charge in [0.2, 0.25) is 0 Å². The van der Waals surface area contributed by atoms with E-state index in [1.807, 2.05) is 13.8 Å². The van der Waals surface area contributed by atoms with E-state index in [0.717, 1.165) is 0 Å². The molecule has 126 valence electrons. The number of rotatable bonds is 7. The molecular formula is C18H24O5. The fourth-order valence-electron chi connectivity index (χ4n) is 1.60. The molecule has 1 aromatic rings. The average Bonchev–Trinajstić information content (AvgIpc) is 2.53. The van der Waals surface area contributed by atoms with E-state index in [9.17, 15) is 14.7 Å². The van der Waals surface area contributed by atoms with Crippen LogP contribution in [0.5, 0.6) is 5.75 Å². The lowest BCUT2D eigenvalue weighted by Crippen LogP contribution is -2.24. The summed E-state index contributed by atoms with van der Waals surface area (Å²) in [5, 5.41) is 9.31. The molecule has 0 fully saturated rings. The Labute approximate surface area is 136 Å². The maximum absolute atomic E-state index is 12.3. The zero-order valence-corrected chi connectivity index (χ0v) is 14.0. The molecule has 0 aliphatic rings. The van der Waals surface area contributed by atoms with E-state index in [2.05, 4.69) is 0 Å². The normalized spacial score (nSPS) is 12.9. The molecule has 1 rings (SSSR count). The number of hydrogen-bond donors (Lipinski definition) is 1. The first kappa shape index (κ1) is 18.7. The van der Waals surface area contributed by atoms with E-state index in [1.165, 1.54) is 18.2 Å². The number of benzene rings is 1. The van der Waals surface area contributed by atoms with Crippen LogP contribution < -0.4 is 0 Å². The first-order valence-electron chi connectivity index (χ1n) is 7.80. The Kier molecular flexibility index (Phi) is 7.32. The lowest BCUT2D eigenvalue weighted by molar-refractivity contribution is -0.151. The summed E-state index contributed by atoms with van der Waals surface area (Å²) in [6, 6.07) is 6.15. The van der Waals surface area contributed by atoms with Crippen molar-refractivity contribution in [3.63, 3.8) is 0 Å². The zero-order valence-electron chi connectivity index (χ0n) is 14.0. The standard InChI is InChI=1S/C18H24O5/c1-5-12(3)22-17(20)16(18(21)23-13(4)6-2)11-14-7-9-15(19)10-8-14/h7-13,19H,5-6H2,1-4H3. The van der Waals surface area contributed by atoms with Gasteiger partial charge in [0.15, 0.2) is 0 Å². The lowest BCUT2D eigenvalue weighted by Gasteiger charge is -2.15. The molecule has 0 aromatic heterocycles. The molecule has 0 radical (unpaired) electrons. The van der Waals surface area contributed by atoms with Crippen LogP contribution in [0.25, 0.3) is 6.08 Å². The minimum absolute atomic E-state index is 0.105. The molecule has 0 spiro atoms. The van der Waals surface area contributed by atoms with Crippen LogP contribution >= 0.6 is 0 Å². The Morgan fingerprint density at radius 1 is 1.00 bits per heavy atom. The minimum atomic E-state index is -0.708. The summed E-state index contributed by atoms with van der Waals surface area (Å²) >= 11 is 0. The predicted molar refractivity (Wildman–Crippen MR) is 87.8 cm³/mol. The fourth-order valence-corrected chi connectivity index (χ4v) is 1.60. The third-order valence-corrected chi connectivity index (χ3v) is 3.41. The van der Waals surface area contributed by atoms with Crippen LogP contribution in [0.3, 0.4) is 0 Å². The van der Waals surface area contributed by atoms with Crippen molar-refractivity contribution in [2.24, 2.45) is 0 Å². The van der Waals surface area contributed by atoms with Crippen LogP contribution in [0.1, 0.15) is 46.1 Å². The highest BCUT2D eigenvalue weighted by Crippen LogP contribution is 2.16. The third-order valence-electron chi connectivity index (χ3n) is 3.41. The number of phenolic OH excluding ortho intramolecular Hbond substituents is 1. The van der Waals surface area contributed by atoms with Gasteiger partial charge in [0.05, 0.1) is 12.2 Å². The second-order valence-electron chi connectivity index (χ2n) is 5.40. The number of hydrogen-bond acceptors (Lipinski definition) is 5. The second kappa shape index (κ2) is 8.98. The molecule has 0 saturated carbocycles. The fraction of sp³-hybridized carbons (Fsp3) is 0.444. The van der Waals surface area contributed by atoms with Gasteiger partial charge < -0.3 is 14.6 Å². The van der Waals surface area contributed by atoms with E-state index < -0.39 is 11.9 Å². The van der Waals surface area contributed by atoms with Gasteiger partial charge in [0, 0.05) is 0 Å². The van der Waals surface area contributed by atoms with E-state index in [-0.39, 0.29) is 23.5 Å². The van der Waals surface area contributed by atoms with Gasteiger partial charge in [0.1, 0.15) is 11.3 Å². The first-order valence-corrected chi connectivity index (χ1v) is 7.80. The average molecular weight is 320 g/mol. The second-order valence-corrected chi connectivity index (χ2v) is 5.40. The molecule has 1 aromatic carbocycles. The summed E-state index contributed by atoms with van der Waals surface area (Å²) in [7, 11) is 0. The van der Waals surface area contributed by atoms with Crippen LogP contribution in [-0.2, 0) is 19.1 Å². The predicted octanol–water partition coefficient (Wildman–Crippen LogP) is 3.46. The van der Waals surface area contributed by atoms with Crippen LogP contribution in [-0.4, -0.2) is 29.3 Å². The van der Waals surface area contributed by atoms with Crippen molar-refractivity contribution in [2.45, 2.75) is 52.7 Å². The number of esters is 2. The number of aromatic hydroxyl groups is 1. The lowest BCUT2D eigenvalue weighted by atomic mass is 10.1. The van der Waals surface area contributed by atoms with Crippen molar-refractivity contribution in [1.29, 1.82) is 0 Å². The molecular weight excluding hydrogens is 296 g/mol. The SMILES string of the molecule is CCC(C)OC(=O)C(=Cc1ccc(O)cc1)C(=O)OC(C)CC. The smallest absolute Gasteiger partial charge is 0.345 e. The van der Waals surface area contributed by atoms with Gasteiger partial charge in [-0.15, -0.1) is 0 Å². The number of ether oxygens (including phenoxy) is 2. The summed E-state index contributed by atoms with van der Waals surface area (Å²) < 4.78 is 10.5. The van der Waals surface area contributed by atoms with Gasteiger partial charge in [-0.2, -0.15) is 0 Å². The van der Waals surface area contributed by atoms with Gasteiger partial charge in [-0.25, -0.2) is 9.59 Å². The summed E-state index contributed by atoms with van der Waals surface area (Å²) in [5.74, 6) is -1.31. The van der Waals surface area contributed by atoms with E-state index in [1.54, 1.807) is 26.0 Å². The van der Waals surface area contributed by atoms with Gasteiger partial charge >= 0.3 is 11.9 Å². The summed E-state index contributed by atoms with van der Waals surface area (Å²) in [4.78, 5) is 24.5. The summed E-state index contributed by atoms with van der Waals surface area (Å²) in [6.45, 7) is 7.30. The van der Waals surface area contributed by atoms with Gasteiger partial charge in [-0.3, -0.25) is 0 Å². The van der Waals surface area contributed by atoms with Crippen LogP contribution in [0.2, 0.25) is 0 Å². The quantitative estimate of drug-likeness (QED) is 0.360. The Hall–Kier alpha value is -2.30. The summed E-state index contributed by atoms with van der Waals surface area (Å²) in [6.07, 6.45) is 2.14. The maximum Gasteiger partial charge on any atom is 0.345 e. The van der Waals surface area contributed by atoms with Gasteiger partial charge in [0.25, 0.3) is 0 Å². The molecule has 0 saturated heterocycles. The molecule has 5 heteroatoms. The van der Waals surface area contributed by atoms with Crippen molar-refractivity contribution in [1.82, 2.24) is 0 Å². The van der Waals surface area contributed by atoms with Crippen LogP contribution in [0.4, 0.5) is 0 Å². The van der Waals surface area contributed by atoms with Crippen molar-refractivity contribution < 1.29 is 24.2 Å². The molecule has 0 aliphatic heterocycles. The number of carbonyl (C=O) groups excluding carboxylic acids is 2. The molecule has 0 heterocycles. The molecule has 2 atom stereocenters. The summed E-state index contributed by atoms with van der Waals surface area (Å²) in [5.41, 5.74) is 0.441. The molecule has 23 heavy (non-hydrogen) atoms. The van der Waals surface area contributed by atoms with Crippen LogP contribution in [0.15, 0.2) is 29.8 Å². The Morgan fingerprint density at radius 2 is 1.43 bits per heavy atom. The highest BCUT2D eigenvalue weighted by molar-refractivity contribution is 6.17. The van der Waals surface area contributed by atoms with E-state index in [0.29, 0.717) is 18.4 Å². The molecule has 0 aliphatic carbocycles. The molecule has 0 bridgehead atoms. The number of carbonyl (C=O) groups is 2. The largest absolute Gasteiger partial charge is 0.508 e. The van der Waals surface area contributed by atoms with Crippen molar-refractivity contribution in [3.8, 4) is 5.75 Å². The highest BCUT2D eigenvalue weighted by atomic mass is 16.6. The van der Waals surface area contributed by atoms with Crippen molar-refractivity contribution in [3.05, 3.63) is 35.4 Å². The zero-order chi connectivity index (χ0) is 17.4. The third kappa shape index (κ3) is 6.14. The monoisotopic (exact) mass is 320 g/mol. The highest BCUT2D eigenvalue weighted by Gasteiger charge is 2.24. The van der Waals surface area contributed by atoms with Gasteiger partial charge in [-0.1, -0.05) is 26.0 Å².